The minimum atomic E-state index is -0.178. The summed E-state index contributed by atoms with van der Waals surface area (Å²) >= 11 is 0. The van der Waals surface area contributed by atoms with Crippen LogP contribution in [0.5, 0.6) is 0 Å². The van der Waals surface area contributed by atoms with Gasteiger partial charge in [-0.05, 0) is 117 Å². The Labute approximate surface area is 313 Å². The second kappa shape index (κ2) is 12.2. The maximum absolute atomic E-state index is 2.56. The van der Waals surface area contributed by atoms with Gasteiger partial charge in [0.05, 0.1) is 11.7 Å². The van der Waals surface area contributed by atoms with Crippen LogP contribution in [0.1, 0.15) is 55.4 Å². The molecule has 3 aliphatic rings. The van der Waals surface area contributed by atoms with E-state index < -0.39 is 0 Å². The van der Waals surface area contributed by atoms with Crippen molar-refractivity contribution in [3.8, 4) is 11.1 Å². The van der Waals surface area contributed by atoms with Crippen LogP contribution in [0.4, 0.5) is 28.4 Å². The predicted octanol–water partition coefficient (Wildman–Crippen LogP) is 13.7. The number of fused-ring (bicyclic) bond motifs is 7. The van der Waals surface area contributed by atoms with E-state index in [9.17, 15) is 0 Å². The summed E-state index contributed by atoms with van der Waals surface area (Å²) < 4.78 is 0. The summed E-state index contributed by atoms with van der Waals surface area (Å²) in [5.41, 5.74) is 17.2. The van der Waals surface area contributed by atoms with Gasteiger partial charge in [-0.25, -0.2) is 0 Å². The number of nitrogens with zero attached hydrogens (tertiary/aromatic N) is 2. The summed E-state index contributed by atoms with van der Waals surface area (Å²) in [7, 11) is 0. The van der Waals surface area contributed by atoms with Gasteiger partial charge in [-0.15, -0.1) is 0 Å². The third-order valence-corrected chi connectivity index (χ3v) is 12.0. The molecule has 0 fully saturated rings. The first-order valence-electron chi connectivity index (χ1n) is 19.0. The van der Waals surface area contributed by atoms with Crippen molar-refractivity contribution < 1.29 is 0 Å². The molecule has 0 aromatic heterocycles. The first-order chi connectivity index (χ1) is 26.0. The van der Waals surface area contributed by atoms with Crippen LogP contribution in [0, 0.1) is 0 Å². The zero-order valence-corrected chi connectivity index (χ0v) is 30.5. The molecule has 0 amide bonds. The van der Waals surface area contributed by atoms with Crippen LogP contribution in [0.15, 0.2) is 182 Å². The maximum Gasteiger partial charge on any atom is 0.0563 e. The van der Waals surface area contributed by atoms with Crippen molar-refractivity contribution in [3.05, 3.63) is 204 Å². The van der Waals surface area contributed by atoms with Crippen molar-refractivity contribution in [2.24, 2.45) is 0 Å². The molecular weight excluding hydrogens is 641 g/mol. The van der Waals surface area contributed by atoms with Gasteiger partial charge in [0, 0.05) is 39.5 Å². The molecule has 0 spiro atoms. The lowest BCUT2D eigenvalue weighted by Gasteiger charge is -2.35. The zero-order chi connectivity index (χ0) is 35.7. The highest BCUT2D eigenvalue weighted by Crippen LogP contribution is 2.58. The topological polar surface area (TPSA) is 6.48 Å². The highest BCUT2D eigenvalue weighted by atomic mass is 15.2. The SMILES string of the molecule is C[C@@H]1C2=C(C=C[C@@H](N(c3ccccc3)c3ccccc3)C2)c2cc3c(cc21)-c1c(cc(N(c2ccccc2)c2ccccc2)c2ccccc12)C3(C)C. The van der Waals surface area contributed by atoms with E-state index in [-0.39, 0.29) is 11.5 Å². The number of hydrogen-bond donors (Lipinski definition) is 0. The highest BCUT2D eigenvalue weighted by molar-refractivity contribution is 6.10. The third-order valence-electron chi connectivity index (χ3n) is 12.0. The van der Waals surface area contributed by atoms with Crippen molar-refractivity contribution in [1.82, 2.24) is 0 Å². The van der Waals surface area contributed by atoms with Crippen molar-refractivity contribution >= 4 is 44.8 Å². The number of rotatable bonds is 6. The van der Waals surface area contributed by atoms with Crippen LogP contribution in [-0.4, -0.2) is 6.04 Å². The lowest BCUT2D eigenvalue weighted by atomic mass is 9.80. The van der Waals surface area contributed by atoms with E-state index in [0.717, 1.165) is 17.8 Å². The van der Waals surface area contributed by atoms with Gasteiger partial charge in [0.1, 0.15) is 0 Å². The molecule has 0 aliphatic heterocycles. The standard InChI is InChI=1S/C51H42N2/c1-34-43-30-39(52(35-18-8-4-9-19-35)36-20-10-5-11-21-36)28-29-40(43)45-32-47-46(31-44(34)45)50-42-27-17-16-26-41(42)49(33-48(50)51(47,2)3)53(37-22-12-6-13-23-37)38-24-14-7-15-25-38/h4-29,31-34,39H,30H2,1-3H3/t34-,39-/m1/s1. The van der Waals surface area contributed by atoms with E-state index in [0.29, 0.717) is 5.92 Å². The molecule has 0 saturated heterocycles. The Balaban J connectivity index is 1.09. The lowest BCUT2D eigenvalue weighted by molar-refractivity contribution is 0.660. The third kappa shape index (κ3) is 4.93. The van der Waals surface area contributed by atoms with Gasteiger partial charge < -0.3 is 9.80 Å². The number of para-hydroxylation sites is 4. The van der Waals surface area contributed by atoms with Gasteiger partial charge in [-0.1, -0.05) is 136 Å². The van der Waals surface area contributed by atoms with Crippen LogP contribution in [0.25, 0.3) is 27.5 Å². The molecule has 2 nitrogen and oxygen atoms in total. The molecule has 0 heterocycles. The molecule has 0 radical (unpaired) electrons. The summed E-state index contributed by atoms with van der Waals surface area (Å²) in [4.78, 5) is 4.94. The summed E-state index contributed by atoms with van der Waals surface area (Å²) in [5, 5.41) is 2.58. The van der Waals surface area contributed by atoms with Crippen LogP contribution >= 0.6 is 0 Å². The average Bonchev–Trinajstić information content (AvgIpc) is 3.61. The maximum atomic E-state index is 2.56. The Kier molecular flexibility index (Phi) is 7.30. The van der Waals surface area contributed by atoms with Crippen LogP contribution in [0.3, 0.4) is 0 Å². The molecule has 7 aromatic carbocycles. The quantitative estimate of drug-likeness (QED) is 0.172. The number of benzene rings is 7. The van der Waals surface area contributed by atoms with Crippen LogP contribution in [-0.2, 0) is 5.41 Å². The first-order valence-corrected chi connectivity index (χ1v) is 19.0. The molecule has 10 rings (SSSR count). The molecule has 0 saturated carbocycles. The molecule has 53 heavy (non-hydrogen) atoms. The number of anilines is 5. The molecule has 0 unspecified atom stereocenters. The van der Waals surface area contributed by atoms with Gasteiger partial charge in [-0.2, -0.15) is 0 Å². The number of hydrogen-bond acceptors (Lipinski definition) is 2. The minimum absolute atomic E-state index is 0.178. The summed E-state index contributed by atoms with van der Waals surface area (Å²) in [6.07, 6.45) is 5.86. The van der Waals surface area contributed by atoms with Crippen LogP contribution in [0.2, 0.25) is 0 Å². The minimum Gasteiger partial charge on any atom is -0.334 e. The second-order valence-corrected chi connectivity index (χ2v) is 15.3. The van der Waals surface area contributed by atoms with Crippen molar-refractivity contribution in [3.63, 3.8) is 0 Å². The van der Waals surface area contributed by atoms with E-state index in [1.807, 2.05) is 0 Å². The summed E-state index contributed by atoms with van der Waals surface area (Å²) in [6.45, 7) is 7.28. The number of allylic oxidation sites excluding steroid dienone is 2. The normalized spacial score (nSPS) is 17.6. The Morgan fingerprint density at radius 2 is 1.08 bits per heavy atom. The molecule has 0 bridgehead atoms. The van der Waals surface area contributed by atoms with Crippen molar-refractivity contribution in [2.75, 3.05) is 9.80 Å². The van der Waals surface area contributed by atoms with E-state index in [2.05, 4.69) is 207 Å². The van der Waals surface area contributed by atoms with Gasteiger partial charge in [0.25, 0.3) is 0 Å². The molecule has 256 valence electrons. The Hall–Kier alpha value is -6.12. The van der Waals surface area contributed by atoms with Crippen molar-refractivity contribution in [2.45, 2.75) is 44.6 Å². The molecule has 0 N–H and O–H groups in total. The molecule has 7 aromatic rings. The van der Waals surface area contributed by atoms with Crippen LogP contribution < -0.4 is 9.80 Å². The molecular formula is C51H42N2. The van der Waals surface area contributed by atoms with E-state index in [1.165, 1.54) is 66.8 Å². The molecule has 2 atom stereocenters. The summed E-state index contributed by atoms with van der Waals surface area (Å²) in [6, 6.07) is 60.2. The Bertz CT molecular complexity index is 2490. The highest BCUT2D eigenvalue weighted by Gasteiger charge is 2.41. The molecule has 3 aliphatic carbocycles. The summed E-state index contributed by atoms with van der Waals surface area (Å²) in [5.74, 6) is 0.343. The fraction of sp³-hybridized carbons (Fsp3) is 0.137. The zero-order valence-electron chi connectivity index (χ0n) is 30.5. The smallest absolute Gasteiger partial charge is 0.0563 e. The average molecular weight is 683 g/mol. The van der Waals surface area contributed by atoms with Gasteiger partial charge in [-0.3, -0.25) is 0 Å². The Morgan fingerprint density at radius 3 is 1.66 bits per heavy atom. The van der Waals surface area contributed by atoms with E-state index in [4.69, 9.17) is 0 Å². The van der Waals surface area contributed by atoms with Crippen molar-refractivity contribution in [1.29, 1.82) is 0 Å². The largest absolute Gasteiger partial charge is 0.334 e. The fourth-order valence-electron chi connectivity index (χ4n) is 9.45. The van der Waals surface area contributed by atoms with E-state index >= 15 is 0 Å². The first kappa shape index (κ1) is 31.6. The van der Waals surface area contributed by atoms with Gasteiger partial charge in [0.2, 0.25) is 0 Å². The second-order valence-electron chi connectivity index (χ2n) is 15.3. The van der Waals surface area contributed by atoms with Gasteiger partial charge >= 0.3 is 0 Å². The lowest BCUT2D eigenvalue weighted by Crippen LogP contribution is -2.31. The van der Waals surface area contributed by atoms with E-state index in [1.54, 1.807) is 5.57 Å². The van der Waals surface area contributed by atoms with Gasteiger partial charge in [0.15, 0.2) is 0 Å². The Morgan fingerprint density at radius 1 is 0.547 bits per heavy atom. The monoisotopic (exact) mass is 682 g/mol. The molecule has 2 heteroatoms. The fourth-order valence-corrected chi connectivity index (χ4v) is 9.45. The predicted molar refractivity (Wildman–Crippen MR) is 224 cm³/mol.